The molecular formula is C24H37FN2O3S. The van der Waals surface area contributed by atoms with Gasteiger partial charge in [0.1, 0.15) is 5.67 Å². The Morgan fingerprint density at radius 1 is 1.13 bits per heavy atom. The van der Waals surface area contributed by atoms with Crippen molar-refractivity contribution in [2.45, 2.75) is 75.1 Å². The molecule has 0 spiro atoms. The first-order valence-corrected chi connectivity index (χ1v) is 13.7. The highest BCUT2D eigenvalue weighted by atomic mass is 32.2. The minimum atomic E-state index is -3.31. The van der Waals surface area contributed by atoms with Crippen LogP contribution in [0, 0.1) is 5.92 Å². The van der Waals surface area contributed by atoms with E-state index in [0.29, 0.717) is 57.3 Å². The summed E-state index contributed by atoms with van der Waals surface area (Å²) in [6.07, 6.45) is 8.50. The van der Waals surface area contributed by atoms with Crippen LogP contribution in [0.1, 0.15) is 62.8 Å². The fourth-order valence-electron chi connectivity index (χ4n) is 5.47. The van der Waals surface area contributed by atoms with E-state index in [1.54, 1.807) is 0 Å². The van der Waals surface area contributed by atoms with Crippen LogP contribution in [0.3, 0.4) is 0 Å². The molecule has 1 aliphatic heterocycles. The molecule has 0 unspecified atom stereocenters. The van der Waals surface area contributed by atoms with E-state index in [-0.39, 0.29) is 12.1 Å². The maximum absolute atomic E-state index is 14.6. The molecule has 4 rings (SSSR count). The van der Waals surface area contributed by atoms with E-state index in [1.165, 1.54) is 24.7 Å². The molecule has 2 aliphatic carbocycles. The van der Waals surface area contributed by atoms with Crippen LogP contribution < -0.4 is 4.72 Å². The zero-order chi connectivity index (χ0) is 21.9. The zero-order valence-electron chi connectivity index (χ0n) is 18.6. The van der Waals surface area contributed by atoms with E-state index in [9.17, 15) is 12.8 Å². The van der Waals surface area contributed by atoms with Crippen LogP contribution in [0.4, 0.5) is 4.39 Å². The molecule has 0 aromatic heterocycles. The topological polar surface area (TPSA) is 58.6 Å². The maximum atomic E-state index is 14.6. The van der Waals surface area contributed by atoms with Crippen molar-refractivity contribution in [1.29, 1.82) is 0 Å². The molecule has 1 N–H and O–H groups in total. The van der Waals surface area contributed by atoms with E-state index in [1.807, 2.05) is 0 Å². The van der Waals surface area contributed by atoms with Crippen molar-refractivity contribution in [2.75, 3.05) is 32.5 Å². The summed E-state index contributed by atoms with van der Waals surface area (Å²) in [6, 6.07) is 10.5. The van der Waals surface area contributed by atoms with Crippen LogP contribution in [-0.4, -0.2) is 63.6 Å². The first-order chi connectivity index (χ1) is 14.8. The van der Waals surface area contributed by atoms with Gasteiger partial charge in [-0.2, -0.15) is 0 Å². The Morgan fingerprint density at radius 3 is 2.45 bits per heavy atom. The summed E-state index contributed by atoms with van der Waals surface area (Å²) in [4.78, 5) is 2.14. The molecule has 0 radical (unpaired) electrons. The highest BCUT2D eigenvalue weighted by Crippen LogP contribution is 2.38. The van der Waals surface area contributed by atoms with E-state index >= 15 is 0 Å². The Kier molecular flexibility index (Phi) is 7.36. The predicted octanol–water partition coefficient (Wildman–Crippen LogP) is 3.86. The van der Waals surface area contributed by atoms with Gasteiger partial charge in [-0.15, -0.1) is 0 Å². The van der Waals surface area contributed by atoms with Gasteiger partial charge in [0.25, 0.3) is 0 Å². The van der Waals surface area contributed by atoms with Crippen LogP contribution in [-0.2, 0) is 14.8 Å². The Hall–Kier alpha value is -1.02. The predicted molar refractivity (Wildman–Crippen MR) is 121 cm³/mol. The zero-order valence-corrected chi connectivity index (χ0v) is 19.5. The SMILES string of the molecule is CS(=O)(=O)N[C@@H]1CCN(CC2(F)CCC2)C[C@@H]1OCC1CCC(c2ccccc2)CC1. The summed E-state index contributed by atoms with van der Waals surface area (Å²) in [5, 5.41) is 0. The number of halogens is 1. The minimum Gasteiger partial charge on any atom is -0.375 e. The highest BCUT2D eigenvalue weighted by molar-refractivity contribution is 7.88. The lowest BCUT2D eigenvalue weighted by molar-refractivity contribution is -0.0568. The number of likely N-dealkylation sites (tertiary alicyclic amines) is 1. The van der Waals surface area contributed by atoms with Gasteiger partial charge in [0.2, 0.25) is 10.0 Å². The van der Waals surface area contributed by atoms with E-state index in [0.717, 1.165) is 19.3 Å². The molecule has 1 heterocycles. The van der Waals surface area contributed by atoms with Gasteiger partial charge in [-0.1, -0.05) is 30.3 Å². The van der Waals surface area contributed by atoms with Crippen molar-refractivity contribution in [3.05, 3.63) is 35.9 Å². The van der Waals surface area contributed by atoms with Crippen molar-refractivity contribution >= 4 is 10.0 Å². The van der Waals surface area contributed by atoms with Crippen LogP contribution in [0.5, 0.6) is 0 Å². The molecule has 31 heavy (non-hydrogen) atoms. The fraction of sp³-hybridized carbons (Fsp3) is 0.750. The quantitative estimate of drug-likeness (QED) is 0.651. The first-order valence-electron chi connectivity index (χ1n) is 11.8. The van der Waals surface area contributed by atoms with E-state index < -0.39 is 15.7 Å². The molecule has 3 aliphatic rings. The van der Waals surface area contributed by atoms with Crippen molar-refractivity contribution in [3.8, 4) is 0 Å². The Bertz CT molecular complexity index is 807. The van der Waals surface area contributed by atoms with Crippen molar-refractivity contribution in [2.24, 2.45) is 5.92 Å². The van der Waals surface area contributed by atoms with Gasteiger partial charge in [-0.05, 0) is 75.3 Å². The second-order valence-electron chi connectivity index (χ2n) is 10.0. The number of hydrogen-bond acceptors (Lipinski definition) is 4. The summed E-state index contributed by atoms with van der Waals surface area (Å²) in [5.74, 6) is 1.14. The highest BCUT2D eigenvalue weighted by Gasteiger charge is 2.41. The Balaban J connectivity index is 1.30. The standard InChI is InChI=1S/C24H37FN2O3S/c1-31(28,29)26-22-12-15-27(18-24(25)13-5-14-24)16-23(22)30-17-19-8-10-21(11-9-19)20-6-3-2-4-7-20/h2-4,6-7,19,21-23,26H,5,8-18H2,1H3/t19?,21?,22-,23+/m1/s1. The largest absolute Gasteiger partial charge is 0.375 e. The average molecular weight is 453 g/mol. The molecule has 1 aromatic rings. The molecule has 0 amide bonds. The molecule has 2 atom stereocenters. The monoisotopic (exact) mass is 452 g/mol. The number of sulfonamides is 1. The second-order valence-corrected chi connectivity index (χ2v) is 11.8. The lowest BCUT2D eigenvalue weighted by atomic mass is 9.79. The number of hydrogen-bond donors (Lipinski definition) is 1. The summed E-state index contributed by atoms with van der Waals surface area (Å²) in [5.41, 5.74) is 0.371. The first kappa shape index (κ1) is 23.1. The average Bonchev–Trinajstić information content (AvgIpc) is 2.73. The molecule has 174 valence electrons. The van der Waals surface area contributed by atoms with Crippen LogP contribution in [0.25, 0.3) is 0 Å². The lowest BCUT2D eigenvalue weighted by Gasteiger charge is -2.44. The van der Waals surface area contributed by atoms with Gasteiger partial charge in [0.05, 0.1) is 18.4 Å². The number of piperidine rings is 1. The number of nitrogens with zero attached hydrogens (tertiary/aromatic N) is 1. The third kappa shape index (κ3) is 6.50. The van der Waals surface area contributed by atoms with Crippen LogP contribution >= 0.6 is 0 Å². The van der Waals surface area contributed by atoms with Crippen LogP contribution in [0.2, 0.25) is 0 Å². The number of rotatable bonds is 8. The third-order valence-corrected chi connectivity index (χ3v) is 8.16. The molecule has 1 saturated heterocycles. The fourth-order valence-corrected chi connectivity index (χ4v) is 6.29. The number of nitrogens with one attached hydrogen (secondary N) is 1. The van der Waals surface area contributed by atoms with Gasteiger partial charge >= 0.3 is 0 Å². The number of alkyl halides is 1. The molecule has 5 nitrogen and oxygen atoms in total. The summed E-state index contributed by atoms with van der Waals surface area (Å²) in [7, 11) is -3.31. The number of ether oxygens (including phenoxy) is 1. The Labute approximate surface area is 186 Å². The summed E-state index contributed by atoms with van der Waals surface area (Å²) in [6.45, 7) is 2.41. The molecule has 1 aromatic carbocycles. The molecule has 7 heteroatoms. The molecular weight excluding hydrogens is 415 g/mol. The lowest BCUT2D eigenvalue weighted by Crippen LogP contribution is -2.57. The van der Waals surface area contributed by atoms with Gasteiger partial charge < -0.3 is 4.74 Å². The Morgan fingerprint density at radius 2 is 1.84 bits per heavy atom. The van der Waals surface area contributed by atoms with E-state index in [2.05, 4.69) is 40.0 Å². The van der Waals surface area contributed by atoms with Crippen molar-refractivity contribution < 1.29 is 17.5 Å². The van der Waals surface area contributed by atoms with Gasteiger partial charge in [0, 0.05) is 19.7 Å². The molecule has 2 saturated carbocycles. The summed E-state index contributed by atoms with van der Waals surface area (Å²) >= 11 is 0. The van der Waals surface area contributed by atoms with Gasteiger partial charge in [-0.3, -0.25) is 4.90 Å². The molecule has 0 bridgehead atoms. The van der Waals surface area contributed by atoms with Crippen LogP contribution in [0.15, 0.2) is 30.3 Å². The maximum Gasteiger partial charge on any atom is 0.209 e. The van der Waals surface area contributed by atoms with Crippen molar-refractivity contribution in [1.82, 2.24) is 9.62 Å². The third-order valence-electron chi connectivity index (χ3n) is 7.43. The minimum absolute atomic E-state index is 0.223. The van der Waals surface area contributed by atoms with Gasteiger partial charge in [-0.25, -0.2) is 17.5 Å². The summed E-state index contributed by atoms with van der Waals surface area (Å²) < 4.78 is 47.4. The normalized spacial score (nSPS) is 31.8. The second kappa shape index (κ2) is 9.86. The van der Waals surface area contributed by atoms with E-state index in [4.69, 9.17) is 4.74 Å². The smallest absolute Gasteiger partial charge is 0.209 e. The number of benzene rings is 1. The molecule has 3 fully saturated rings. The van der Waals surface area contributed by atoms with Crippen molar-refractivity contribution in [3.63, 3.8) is 0 Å². The van der Waals surface area contributed by atoms with Gasteiger partial charge in [0.15, 0.2) is 0 Å².